The van der Waals surface area contributed by atoms with E-state index in [4.69, 9.17) is 5.73 Å². The van der Waals surface area contributed by atoms with Gasteiger partial charge in [0.15, 0.2) is 0 Å². The monoisotopic (exact) mass is 282 g/mol. The first-order chi connectivity index (χ1) is 7.48. The first-order valence-electron chi connectivity index (χ1n) is 5.73. The molecule has 1 heterocycles. The Morgan fingerprint density at radius 3 is 2.81 bits per heavy atom. The van der Waals surface area contributed by atoms with Crippen LogP contribution in [0.4, 0.5) is 5.69 Å². The van der Waals surface area contributed by atoms with Crippen LogP contribution < -0.4 is 5.73 Å². The van der Waals surface area contributed by atoms with Crippen molar-refractivity contribution in [2.75, 3.05) is 18.8 Å². The number of halogens is 1. The zero-order valence-electron chi connectivity index (χ0n) is 9.96. The van der Waals surface area contributed by atoms with Gasteiger partial charge in [-0.3, -0.25) is 4.90 Å². The fraction of sp³-hybridized carbons (Fsp3) is 0.538. The van der Waals surface area contributed by atoms with Crippen LogP contribution in [0.5, 0.6) is 0 Å². The summed E-state index contributed by atoms with van der Waals surface area (Å²) in [7, 11) is 0. The average Bonchev–Trinajstić information content (AvgIpc) is 2.53. The molecule has 88 valence electrons. The van der Waals surface area contributed by atoms with Gasteiger partial charge in [-0.1, -0.05) is 26.0 Å². The van der Waals surface area contributed by atoms with E-state index in [0.717, 1.165) is 16.7 Å². The molecule has 0 amide bonds. The van der Waals surface area contributed by atoms with Crippen molar-refractivity contribution < 1.29 is 0 Å². The Morgan fingerprint density at radius 2 is 2.19 bits per heavy atom. The third-order valence-corrected chi connectivity index (χ3v) is 4.23. The molecule has 0 aliphatic carbocycles. The lowest BCUT2D eigenvalue weighted by atomic mass is 9.93. The van der Waals surface area contributed by atoms with Crippen LogP contribution in [-0.2, 0) is 6.54 Å². The number of anilines is 1. The SMILES string of the molecule is CC1(C)CCN(Cc2cccc(N)c2Br)C1. The summed E-state index contributed by atoms with van der Waals surface area (Å²) in [5.41, 5.74) is 8.47. The molecule has 3 heteroatoms. The van der Waals surface area contributed by atoms with Gasteiger partial charge < -0.3 is 5.73 Å². The van der Waals surface area contributed by atoms with Crippen molar-refractivity contribution in [1.29, 1.82) is 0 Å². The lowest BCUT2D eigenvalue weighted by Crippen LogP contribution is -2.23. The summed E-state index contributed by atoms with van der Waals surface area (Å²) in [5.74, 6) is 0. The minimum absolute atomic E-state index is 0.465. The molecule has 0 spiro atoms. The number of hydrogen-bond donors (Lipinski definition) is 1. The number of nitrogen functional groups attached to an aromatic ring is 1. The van der Waals surface area contributed by atoms with Gasteiger partial charge in [-0.25, -0.2) is 0 Å². The highest BCUT2D eigenvalue weighted by Crippen LogP contribution is 2.31. The molecule has 0 atom stereocenters. The quantitative estimate of drug-likeness (QED) is 0.844. The van der Waals surface area contributed by atoms with Crippen molar-refractivity contribution in [2.24, 2.45) is 5.41 Å². The smallest absolute Gasteiger partial charge is 0.0461 e. The Labute approximate surface area is 106 Å². The second-order valence-corrected chi connectivity index (χ2v) is 6.24. The van der Waals surface area contributed by atoms with Crippen molar-refractivity contribution in [3.05, 3.63) is 28.2 Å². The number of likely N-dealkylation sites (tertiary alicyclic amines) is 1. The molecule has 1 fully saturated rings. The van der Waals surface area contributed by atoms with Gasteiger partial charge in [-0.05, 0) is 45.9 Å². The number of rotatable bonds is 2. The molecule has 1 aliphatic rings. The normalized spacial score (nSPS) is 20.2. The molecule has 1 aromatic rings. The van der Waals surface area contributed by atoms with Gasteiger partial charge in [0.2, 0.25) is 0 Å². The van der Waals surface area contributed by atoms with E-state index >= 15 is 0 Å². The maximum Gasteiger partial charge on any atom is 0.0461 e. The summed E-state index contributed by atoms with van der Waals surface area (Å²) in [5, 5.41) is 0. The van der Waals surface area contributed by atoms with Crippen LogP contribution in [0.3, 0.4) is 0 Å². The zero-order chi connectivity index (χ0) is 11.8. The van der Waals surface area contributed by atoms with Gasteiger partial charge in [0, 0.05) is 23.2 Å². The molecule has 2 N–H and O–H groups in total. The minimum atomic E-state index is 0.465. The van der Waals surface area contributed by atoms with Crippen LogP contribution >= 0.6 is 15.9 Å². The maximum absolute atomic E-state index is 5.88. The Bertz CT molecular complexity index is 388. The average molecular weight is 283 g/mol. The highest BCUT2D eigenvalue weighted by atomic mass is 79.9. The van der Waals surface area contributed by atoms with E-state index in [1.165, 1.54) is 25.1 Å². The first-order valence-corrected chi connectivity index (χ1v) is 6.52. The van der Waals surface area contributed by atoms with E-state index in [2.05, 4.69) is 40.7 Å². The summed E-state index contributed by atoms with van der Waals surface area (Å²) >= 11 is 3.56. The van der Waals surface area contributed by atoms with Crippen molar-refractivity contribution in [3.8, 4) is 0 Å². The van der Waals surface area contributed by atoms with Gasteiger partial charge in [-0.15, -0.1) is 0 Å². The third kappa shape index (κ3) is 2.58. The molecular weight excluding hydrogens is 264 g/mol. The second kappa shape index (κ2) is 4.38. The van der Waals surface area contributed by atoms with Gasteiger partial charge >= 0.3 is 0 Å². The van der Waals surface area contributed by atoms with Crippen LogP contribution in [0.15, 0.2) is 22.7 Å². The number of benzene rings is 1. The summed E-state index contributed by atoms with van der Waals surface area (Å²) in [4.78, 5) is 2.50. The van der Waals surface area contributed by atoms with E-state index in [-0.39, 0.29) is 0 Å². The fourth-order valence-corrected chi connectivity index (χ4v) is 2.71. The van der Waals surface area contributed by atoms with Crippen molar-refractivity contribution in [2.45, 2.75) is 26.8 Å². The van der Waals surface area contributed by atoms with E-state index in [0.29, 0.717) is 5.41 Å². The standard InChI is InChI=1S/C13H19BrN2/c1-13(2)6-7-16(9-13)8-10-4-3-5-11(15)12(10)14/h3-5H,6-9,15H2,1-2H3. The molecular formula is C13H19BrN2. The largest absolute Gasteiger partial charge is 0.398 e. The summed E-state index contributed by atoms with van der Waals surface area (Å²) in [6.45, 7) is 8.03. The highest BCUT2D eigenvalue weighted by molar-refractivity contribution is 9.10. The Kier molecular flexibility index (Phi) is 3.27. The molecule has 0 unspecified atom stereocenters. The lowest BCUT2D eigenvalue weighted by Gasteiger charge is -2.20. The van der Waals surface area contributed by atoms with E-state index in [1.54, 1.807) is 0 Å². The van der Waals surface area contributed by atoms with E-state index in [1.807, 2.05) is 12.1 Å². The first kappa shape index (κ1) is 11.9. The van der Waals surface area contributed by atoms with Crippen LogP contribution in [0.25, 0.3) is 0 Å². The molecule has 0 aromatic heterocycles. The van der Waals surface area contributed by atoms with E-state index in [9.17, 15) is 0 Å². The van der Waals surface area contributed by atoms with Crippen LogP contribution in [0.1, 0.15) is 25.8 Å². The summed E-state index contributed by atoms with van der Waals surface area (Å²) < 4.78 is 1.06. The Hall–Kier alpha value is -0.540. The molecule has 2 nitrogen and oxygen atoms in total. The summed E-state index contributed by atoms with van der Waals surface area (Å²) in [6.07, 6.45) is 1.28. The molecule has 1 aromatic carbocycles. The summed E-state index contributed by atoms with van der Waals surface area (Å²) in [6, 6.07) is 6.10. The van der Waals surface area contributed by atoms with Crippen LogP contribution in [-0.4, -0.2) is 18.0 Å². The van der Waals surface area contributed by atoms with Gasteiger partial charge in [-0.2, -0.15) is 0 Å². The molecule has 0 bridgehead atoms. The zero-order valence-corrected chi connectivity index (χ0v) is 11.5. The van der Waals surface area contributed by atoms with Gasteiger partial charge in [0.05, 0.1) is 0 Å². The number of hydrogen-bond acceptors (Lipinski definition) is 2. The molecule has 1 aliphatic heterocycles. The van der Waals surface area contributed by atoms with Gasteiger partial charge in [0.25, 0.3) is 0 Å². The predicted molar refractivity (Wildman–Crippen MR) is 72.2 cm³/mol. The molecule has 0 radical (unpaired) electrons. The maximum atomic E-state index is 5.88. The third-order valence-electron chi connectivity index (χ3n) is 3.26. The van der Waals surface area contributed by atoms with Crippen molar-refractivity contribution in [3.63, 3.8) is 0 Å². The molecule has 16 heavy (non-hydrogen) atoms. The van der Waals surface area contributed by atoms with Crippen molar-refractivity contribution >= 4 is 21.6 Å². The topological polar surface area (TPSA) is 29.3 Å². The molecule has 0 saturated carbocycles. The van der Waals surface area contributed by atoms with Crippen LogP contribution in [0, 0.1) is 5.41 Å². The Morgan fingerprint density at radius 1 is 1.44 bits per heavy atom. The van der Waals surface area contributed by atoms with Crippen molar-refractivity contribution in [1.82, 2.24) is 4.90 Å². The minimum Gasteiger partial charge on any atom is -0.398 e. The molecule has 2 rings (SSSR count). The molecule has 1 saturated heterocycles. The number of nitrogens with two attached hydrogens (primary N) is 1. The van der Waals surface area contributed by atoms with E-state index < -0.39 is 0 Å². The predicted octanol–water partition coefficient (Wildman–Crippen LogP) is 3.26. The van der Waals surface area contributed by atoms with Gasteiger partial charge in [0.1, 0.15) is 0 Å². The highest BCUT2D eigenvalue weighted by Gasteiger charge is 2.29. The lowest BCUT2D eigenvalue weighted by molar-refractivity contribution is 0.284. The fourth-order valence-electron chi connectivity index (χ4n) is 2.32. The second-order valence-electron chi connectivity index (χ2n) is 5.45. The number of nitrogens with zero attached hydrogens (tertiary/aromatic N) is 1. The van der Waals surface area contributed by atoms with Crippen LogP contribution in [0.2, 0.25) is 0 Å². The Balaban J connectivity index is 2.08.